The molecule has 0 aromatic rings. The smallest absolute Gasteiger partial charge is 0.214 e. The Balaban J connectivity index is 4.16. The molecule has 0 aliphatic rings. The van der Waals surface area contributed by atoms with Crippen molar-refractivity contribution in [2.45, 2.75) is 0 Å². The van der Waals surface area contributed by atoms with Crippen molar-refractivity contribution in [2.24, 2.45) is 5.14 Å². The maximum Gasteiger partial charge on any atom is 0.214 e. The normalized spacial score (nSPS) is 18.2. The molecule has 0 fully saturated rings. The first-order valence-corrected chi connectivity index (χ1v) is 4.20. The van der Waals surface area contributed by atoms with Gasteiger partial charge in [-0.15, -0.1) is 4.13 Å². The van der Waals surface area contributed by atoms with Gasteiger partial charge in [0.1, 0.15) is 0 Å². The zero-order valence-corrected chi connectivity index (χ0v) is 5.37. The molecule has 0 aromatic carbocycles. The van der Waals surface area contributed by atoms with Crippen LogP contribution in [-0.4, -0.2) is 12.6 Å². The quantitative estimate of drug-likeness (QED) is 0.347. The topological polar surface area (TPSA) is 113 Å². The van der Waals surface area contributed by atoms with Crippen molar-refractivity contribution < 1.29 is 12.6 Å². The van der Waals surface area contributed by atoms with Gasteiger partial charge in [0, 0.05) is 0 Å². The lowest BCUT2D eigenvalue weighted by atomic mass is 13.8. The average molecular weight is 159 g/mol. The van der Waals surface area contributed by atoms with Crippen molar-refractivity contribution in [1.29, 1.82) is 4.78 Å². The summed E-state index contributed by atoms with van der Waals surface area (Å²) >= 11 is 0. The third-order valence-corrected chi connectivity index (χ3v) is 1.89. The molecule has 0 rings (SSSR count). The highest BCUT2D eigenvalue weighted by Gasteiger charge is 1.93. The first-order chi connectivity index (χ1) is 3.42. The molecule has 0 saturated carbocycles. The molecule has 4 N–H and O–H groups in total. The Hall–Kier alpha value is -0.180. The van der Waals surface area contributed by atoms with Crippen LogP contribution in [0, 0.1) is 4.78 Å². The summed E-state index contributed by atoms with van der Waals surface area (Å²) in [7, 11) is -6.60. The van der Waals surface area contributed by atoms with Gasteiger partial charge in [-0.2, -0.15) is 0 Å². The monoisotopic (exact) mass is 159 g/mol. The minimum Gasteiger partial charge on any atom is -0.232 e. The molecule has 8 heteroatoms. The standard InChI is InChI=1S/H5N3O3S2/c1-8(2,6)3-7(4)5/h7H,(H4,1,2,3,4,5,6). The summed E-state index contributed by atoms with van der Waals surface area (Å²) in [4.78, 5) is 0. The summed E-state index contributed by atoms with van der Waals surface area (Å²) in [5.74, 6) is 0. The van der Waals surface area contributed by atoms with Crippen molar-refractivity contribution in [3.8, 4) is 0 Å². The lowest BCUT2D eigenvalue weighted by Gasteiger charge is -1.90. The summed E-state index contributed by atoms with van der Waals surface area (Å²) in [6, 6.07) is 0. The summed E-state index contributed by atoms with van der Waals surface area (Å²) < 4.78 is 36.7. The lowest BCUT2D eigenvalue weighted by molar-refractivity contribution is 0.610. The van der Waals surface area contributed by atoms with E-state index in [1.807, 2.05) is 0 Å². The van der Waals surface area contributed by atoms with E-state index in [1.165, 1.54) is 4.13 Å². The number of rotatable bonds is 2. The van der Waals surface area contributed by atoms with Crippen LogP contribution in [0.15, 0.2) is 0 Å². The molecular formula is H5N3O3S2. The maximum absolute atomic E-state index is 9.95. The van der Waals surface area contributed by atoms with E-state index in [2.05, 4.69) is 5.14 Å². The Bertz CT molecular complexity index is 213. The minimum atomic E-state index is -3.57. The largest absolute Gasteiger partial charge is 0.232 e. The van der Waals surface area contributed by atoms with Gasteiger partial charge in [-0.25, -0.2) is 22.5 Å². The van der Waals surface area contributed by atoms with Crippen LogP contribution in [0.5, 0.6) is 0 Å². The number of hydrogen-bond donors (Lipinski definition) is 4. The van der Waals surface area contributed by atoms with Gasteiger partial charge in [0.2, 0.25) is 10.9 Å². The van der Waals surface area contributed by atoms with Crippen LogP contribution >= 0.6 is 0 Å². The van der Waals surface area contributed by atoms with Crippen LogP contribution in [0.2, 0.25) is 0 Å². The first kappa shape index (κ1) is 7.82. The molecule has 0 amide bonds. The van der Waals surface area contributed by atoms with E-state index >= 15 is 0 Å². The first-order valence-electron chi connectivity index (χ1n) is 1.40. The summed E-state index contributed by atoms with van der Waals surface area (Å²) in [6.07, 6.45) is 0. The van der Waals surface area contributed by atoms with Crippen LogP contribution in [-0.2, 0) is 21.0 Å². The fourth-order valence-electron chi connectivity index (χ4n) is 0.111. The van der Waals surface area contributed by atoms with Crippen LogP contribution in [0.4, 0.5) is 0 Å². The van der Waals surface area contributed by atoms with E-state index in [4.69, 9.17) is 4.78 Å². The maximum atomic E-state index is 9.95. The predicted octanol–water partition coefficient (Wildman–Crippen LogP) is -2.06. The molecule has 50 valence electrons. The van der Waals surface area contributed by atoms with Crippen molar-refractivity contribution >= 4 is 21.0 Å². The van der Waals surface area contributed by atoms with E-state index in [0.29, 0.717) is 0 Å². The van der Waals surface area contributed by atoms with Crippen molar-refractivity contribution in [3.05, 3.63) is 0 Å². The molecule has 0 heterocycles. The fourth-order valence-corrected chi connectivity index (χ4v) is 0.997. The minimum absolute atomic E-state index is 1.31. The van der Waals surface area contributed by atoms with Crippen molar-refractivity contribution in [2.75, 3.05) is 0 Å². The second kappa shape index (κ2) is 2.40. The van der Waals surface area contributed by atoms with Crippen LogP contribution < -0.4 is 9.27 Å². The van der Waals surface area contributed by atoms with Gasteiger partial charge in [0.05, 0.1) is 0 Å². The van der Waals surface area contributed by atoms with E-state index in [0.717, 1.165) is 0 Å². The Morgan fingerprint density at radius 2 is 2.00 bits per heavy atom. The van der Waals surface area contributed by atoms with E-state index in [1.54, 1.807) is 0 Å². The zero-order valence-electron chi connectivity index (χ0n) is 3.66. The fraction of sp³-hybridized carbons (Fsp3) is 0. The molecule has 6 nitrogen and oxygen atoms in total. The molecule has 1 unspecified atom stereocenters. The highest BCUT2D eigenvalue weighted by Crippen LogP contribution is 1.64. The lowest BCUT2D eigenvalue weighted by Crippen LogP contribution is -2.27. The summed E-state index contributed by atoms with van der Waals surface area (Å²) in [6.45, 7) is 0. The Morgan fingerprint density at radius 3 is 2.00 bits per heavy atom. The molecule has 0 aliphatic heterocycles. The van der Waals surface area contributed by atoms with Crippen LogP contribution in [0.1, 0.15) is 0 Å². The van der Waals surface area contributed by atoms with Gasteiger partial charge in [-0.3, -0.25) is 0 Å². The van der Waals surface area contributed by atoms with E-state index < -0.39 is 21.0 Å². The van der Waals surface area contributed by atoms with Gasteiger partial charge in [0.25, 0.3) is 0 Å². The second-order valence-corrected chi connectivity index (χ2v) is 3.39. The number of nitrogens with two attached hydrogens (primary N) is 1. The van der Waals surface area contributed by atoms with Crippen molar-refractivity contribution in [1.82, 2.24) is 4.13 Å². The van der Waals surface area contributed by atoms with Gasteiger partial charge in [0.15, 0.2) is 10.1 Å². The van der Waals surface area contributed by atoms with Gasteiger partial charge in [-0.05, 0) is 0 Å². The van der Waals surface area contributed by atoms with Gasteiger partial charge >= 0.3 is 0 Å². The Kier molecular flexibility index (Phi) is 2.34. The molecular weight excluding hydrogens is 154 g/mol. The molecule has 0 radical (unpaired) electrons. The molecule has 0 aliphatic carbocycles. The van der Waals surface area contributed by atoms with Crippen molar-refractivity contribution in [3.63, 3.8) is 0 Å². The molecule has 0 spiro atoms. The Labute approximate surface area is 48.4 Å². The average Bonchev–Trinajstić information content (AvgIpc) is 1.21. The number of nitrogens with one attached hydrogen (secondary N) is 2. The van der Waals surface area contributed by atoms with Gasteiger partial charge in [-0.1, -0.05) is 0 Å². The van der Waals surface area contributed by atoms with E-state index in [9.17, 15) is 12.6 Å². The Morgan fingerprint density at radius 1 is 1.62 bits per heavy atom. The third kappa shape index (κ3) is 5.82. The predicted molar refractivity (Wildman–Crippen MR) is 28.5 cm³/mol. The van der Waals surface area contributed by atoms with E-state index in [-0.39, 0.29) is 0 Å². The zero-order chi connectivity index (χ0) is 6.78. The molecule has 0 bridgehead atoms. The molecule has 0 aromatic heterocycles. The second-order valence-electron chi connectivity index (χ2n) is 0.949. The highest BCUT2D eigenvalue weighted by atomic mass is 32.3. The van der Waals surface area contributed by atoms with Crippen LogP contribution in [0.25, 0.3) is 0 Å². The third-order valence-electron chi connectivity index (χ3n) is 0.210. The molecule has 1 atom stereocenters. The van der Waals surface area contributed by atoms with Gasteiger partial charge < -0.3 is 0 Å². The molecule has 0 saturated heterocycles. The molecule has 8 heavy (non-hydrogen) atoms. The summed E-state index contributed by atoms with van der Waals surface area (Å²) in [5, 5.41) is 4.44. The SMILES string of the molecule is N=S(N)(=O)N[SH](=O)=O. The summed E-state index contributed by atoms with van der Waals surface area (Å²) in [5.41, 5.74) is 0. The number of hydrogen-bond acceptors (Lipinski definition) is 4. The number of thiol groups is 1. The highest BCUT2D eigenvalue weighted by molar-refractivity contribution is 7.97. The van der Waals surface area contributed by atoms with Crippen LogP contribution in [0.3, 0.4) is 0 Å².